The van der Waals surface area contributed by atoms with Crippen LogP contribution in [0.2, 0.25) is 0 Å². The minimum absolute atomic E-state index is 0.0566. The molecule has 2 atom stereocenters. The van der Waals surface area contributed by atoms with E-state index in [4.69, 9.17) is 4.74 Å². The van der Waals surface area contributed by atoms with Gasteiger partial charge < -0.3 is 4.74 Å². The molecule has 5 aliphatic rings. The quantitative estimate of drug-likeness (QED) is 0.121. The predicted molar refractivity (Wildman–Crippen MR) is 231 cm³/mol. The van der Waals surface area contributed by atoms with Gasteiger partial charge in [0.25, 0.3) is 0 Å². The minimum Gasteiger partial charge on any atom is -0.465 e. The first kappa shape index (κ1) is 27.8. The lowest BCUT2D eigenvalue weighted by Crippen LogP contribution is -2.37. The molecule has 2 bridgehead atoms. The highest BCUT2D eigenvalue weighted by Gasteiger charge is 2.52. The van der Waals surface area contributed by atoms with E-state index < -0.39 is 0 Å². The third-order valence-corrected chi connectivity index (χ3v) is 16.6. The van der Waals surface area contributed by atoms with Gasteiger partial charge in [0.15, 0.2) is 0 Å². The molecule has 5 aliphatic carbocycles. The predicted octanol–water partition coefficient (Wildman–Crippen LogP) is 11.4. The van der Waals surface area contributed by atoms with Gasteiger partial charge in [0.1, 0.15) is 0 Å². The van der Waals surface area contributed by atoms with Crippen LogP contribution in [0.25, 0.3) is 119 Å². The van der Waals surface area contributed by atoms with Crippen LogP contribution >= 0.6 is 0 Å². The van der Waals surface area contributed by atoms with E-state index >= 15 is 0 Å². The Balaban J connectivity index is 1.17. The van der Waals surface area contributed by atoms with E-state index in [1.807, 2.05) is 0 Å². The maximum absolute atomic E-state index is 13.4. The highest BCUT2D eigenvalue weighted by Crippen LogP contribution is 2.69. The Morgan fingerprint density at radius 1 is 0.661 bits per heavy atom. The summed E-state index contributed by atoms with van der Waals surface area (Å²) >= 11 is 0. The molecule has 0 aliphatic heterocycles. The molecule has 12 aromatic rings. The summed E-state index contributed by atoms with van der Waals surface area (Å²) in [6.45, 7) is 4.73. The normalized spacial score (nSPS) is 20.6. The fourth-order valence-electron chi connectivity index (χ4n) is 15.2. The molecule has 0 saturated carbocycles. The minimum atomic E-state index is -0.293. The Labute approximate surface area is 320 Å². The van der Waals surface area contributed by atoms with Crippen molar-refractivity contribution in [2.24, 2.45) is 5.92 Å². The Morgan fingerprint density at radius 2 is 1.30 bits per heavy atom. The van der Waals surface area contributed by atoms with Gasteiger partial charge in [-0.25, -0.2) is 0 Å². The molecule has 0 saturated heterocycles. The van der Waals surface area contributed by atoms with Crippen LogP contribution < -0.4 is 10.4 Å². The second-order valence-electron chi connectivity index (χ2n) is 19.3. The van der Waals surface area contributed by atoms with Crippen molar-refractivity contribution in [3.63, 3.8) is 0 Å². The third-order valence-electron chi connectivity index (χ3n) is 16.6. The van der Waals surface area contributed by atoms with Crippen molar-refractivity contribution in [1.29, 1.82) is 0 Å². The van der Waals surface area contributed by atoms with Crippen molar-refractivity contribution in [1.82, 2.24) is 0 Å². The molecule has 0 spiro atoms. The van der Waals surface area contributed by atoms with Crippen molar-refractivity contribution in [2.45, 2.75) is 70.1 Å². The fraction of sp³-hybridized carbons (Fsp3) is 0.241. The summed E-state index contributed by atoms with van der Waals surface area (Å²) in [6.07, 6.45) is 9.00. The Bertz CT molecular complexity index is 3990. The van der Waals surface area contributed by atoms with Crippen molar-refractivity contribution in [3.8, 4) is 0 Å². The molecule has 2 unspecified atom stereocenters. The topological polar surface area (TPSA) is 26.3 Å². The average Bonchev–Trinajstić information content (AvgIpc) is 3.99. The first-order valence-electron chi connectivity index (χ1n) is 21.2. The van der Waals surface area contributed by atoms with E-state index in [-0.39, 0.29) is 17.3 Å². The van der Waals surface area contributed by atoms with Crippen LogP contribution in [-0.2, 0) is 34.2 Å². The average molecular weight is 715 g/mol. The Kier molecular flexibility index (Phi) is 4.07. The van der Waals surface area contributed by atoms with Gasteiger partial charge in [-0.15, -0.1) is 0 Å². The summed E-state index contributed by atoms with van der Waals surface area (Å²) in [5, 5.41) is 34.3. The molecule has 12 aromatic carbocycles. The summed E-state index contributed by atoms with van der Waals surface area (Å²) in [6, 6.07) is 22.2. The van der Waals surface area contributed by atoms with Crippen LogP contribution in [0.1, 0.15) is 84.4 Å². The van der Waals surface area contributed by atoms with Crippen molar-refractivity contribution < 1.29 is 9.53 Å². The van der Waals surface area contributed by atoms with Gasteiger partial charge in [0.05, 0.1) is 6.61 Å². The summed E-state index contributed by atoms with van der Waals surface area (Å²) in [5.41, 5.74) is 12.2. The monoisotopic (exact) mass is 714 g/mol. The molecule has 0 amide bonds. The standard InChI is InChI=1S/C54H34O2/c1-21(2)20-56-32(55)9-6-12-54(29-7-4-3-5-8-29)31-11-10-22-13-23-14-24-15-25-16-27-17-26-18-28-19-30(31)40-45-36(28)35(26)42-37(27)41-33(25)34(24)43-38(23)44-39(22)53(54)52(40)51-49(44)47(43)46(41)48(42)50(45)51/h3-5,7-8,10,13-14,17,19,21,31H,6,9,11-12,15-16,18,20H2,1-2H3. The largest absolute Gasteiger partial charge is 0.465 e. The van der Waals surface area contributed by atoms with Crippen molar-refractivity contribution in [2.75, 3.05) is 6.61 Å². The van der Waals surface area contributed by atoms with Gasteiger partial charge in [-0.2, -0.15) is 0 Å². The molecule has 2 nitrogen and oxygen atoms in total. The van der Waals surface area contributed by atoms with Gasteiger partial charge >= 0.3 is 5.97 Å². The second kappa shape index (κ2) is 8.21. The summed E-state index contributed by atoms with van der Waals surface area (Å²) in [7, 11) is 0. The van der Waals surface area contributed by atoms with Crippen molar-refractivity contribution in [3.05, 3.63) is 104 Å². The fourth-order valence-corrected chi connectivity index (χ4v) is 15.2. The first-order chi connectivity index (χ1) is 27.5. The number of rotatable bonds is 7. The highest BCUT2D eigenvalue weighted by atomic mass is 16.5. The van der Waals surface area contributed by atoms with Crippen LogP contribution in [0.4, 0.5) is 0 Å². The smallest absolute Gasteiger partial charge is 0.305 e. The molecule has 0 aromatic heterocycles. The summed E-state index contributed by atoms with van der Waals surface area (Å²) in [4.78, 5) is 13.4. The van der Waals surface area contributed by atoms with E-state index in [0.29, 0.717) is 18.9 Å². The second-order valence-corrected chi connectivity index (χ2v) is 19.3. The molecule has 2 heteroatoms. The highest BCUT2D eigenvalue weighted by molar-refractivity contribution is 6.62. The van der Waals surface area contributed by atoms with Gasteiger partial charge in [0.2, 0.25) is 0 Å². The zero-order valence-electron chi connectivity index (χ0n) is 31.4. The molecular weight excluding hydrogens is 681 g/mol. The molecule has 0 heterocycles. The van der Waals surface area contributed by atoms with Crippen LogP contribution in [-0.4, -0.2) is 12.6 Å². The molecule has 17 rings (SSSR count). The Hall–Kier alpha value is -5.73. The number of hydrogen-bond donors (Lipinski definition) is 0. The first-order valence-corrected chi connectivity index (χ1v) is 21.2. The van der Waals surface area contributed by atoms with E-state index in [9.17, 15) is 4.79 Å². The van der Waals surface area contributed by atoms with E-state index in [1.54, 1.807) is 130 Å². The van der Waals surface area contributed by atoms with Gasteiger partial charge in [-0.05, 0) is 208 Å². The number of hydrogen-bond acceptors (Lipinski definition) is 2. The zero-order valence-corrected chi connectivity index (χ0v) is 31.4. The number of ether oxygens (including phenoxy) is 1. The van der Waals surface area contributed by atoms with Gasteiger partial charge in [0, 0.05) is 17.8 Å². The van der Waals surface area contributed by atoms with Gasteiger partial charge in [-0.1, -0.05) is 74.0 Å². The number of esters is 1. The number of fused-ring (bicyclic) bond motifs is 2. The maximum atomic E-state index is 13.4. The lowest BCUT2D eigenvalue weighted by atomic mass is 9.56. The maximum Gasteiger partial charge on any atom is 0.305 e. The molecular formula is C54H34O2. The van der Waals surface area contributed by atoms with Gasteiger partial charge in [-0.3, -0.25) is 4.79 Å². The molecule has 0 fully saturated rings. The van der Waals surface area contributed by atoms with E-state index in [1.165, 1.54) is 32.3 Å². The van der Waals surface area contributed by atoms with Crippen LogP contribution in [0, 0.1) is 5.92 Å². The van der Waals surface area contributed by atoms with Crippen LogP contribution in [0.5, 0.6) is 0 Å². The van der Waals surface area contributed by atoms with Crippen molar-refractivity contribution >= 4 is 125 Å². The third kappa shape index (κ3) is 2.46. The lowest BCUT2D eigenvalue weighted by molar-refractivity contribution is -0.144. The molecule has 0 radical (unpaired) electrons. The molecule has 262 valence electrons. The van der Waals surface area contributed by atoms with E-state index in [0.717, 1.165) is 38.5 Å². The summed E-state index contributed by atoms with van der Waals surface area (Å²) < 4.78 is 5.81. The molecule has 56 heavy (non-hydrogen) atoms. The van der Waals surface area contributed by atoms with Crippen LogP contribution in [0.3, 0.4) is 0 Å². The zero-order chi connectivity index (χ0) is 36.0. The number of carbonyl (C=O) groups is 1. The number of carbonyl (C=O) groups excluding carboxylic acids is 1. The van der Waals surface area contributed by atoms with Crippen LogP contribution in [0.15, 0.2) is 54.6 Å². The number of benzene rings is 9. The van der Waals surface area contributed by atoms with E-state index in [2.05, 4.69) is 74.5 Å². The Morgan fingerprint density at radius 3 is 2.11 bits per heavy atom. The lowest BCUT2D eigenvalue weighted by Gasteiger charge is -2.46. The summed E-state index contributed by atoms with van der Waals surface area (Å²) in [5.74, 6) is 0.533. The molecule has 0 N–H and O–H groups in total. The SMILES string of the molecule is CC(C)COC(=O)CCCC1(c2ccccc2)c2c3c4cc5cc6c7c8c9c%10c(cc%11c%12c%13c(cc(c%14c2c2c(c%13%14)c(c%12%10)c9c9c7c5c3c29)C1CC=4)C%11)CC=8C6.